The van der Waals surface area contributed by atoms with Crippen molar-refractivity contribution >= 4 is 33.8 Å². The molecule has 5 nitrogen and oxygen atoms in total. The molecule has 0 saturated carbocycles. The van der Waals surface area contributed by atoms with Crippen molar-refractivity contribution in [2.75, 3.05) is 6.61 Å². The van der Waals surface area contributed by atoms with Gasteiger partial charge in [0.1, 0.15) is 5.57 Å². The summed E-state index contributed by atoms with van der Waals surface area (Å²) in [5.41, 5.74) is 3.60. The van der Waals surface area contributed by atoms with Crippen LogP contribution in [0.2, 0.25) is 0 Å². The fraction of sp³-hybridized carbons (Fsp3) is 0.200. The van der Waals surface area contributed by atoms with Gasteiger partial charge in [-0.1, -0.05) is 0 Å². The van der Waals surface area contributed by atoms with Crippen LogP contribution in [0.3, 0.4) is 0 Å². The maximum absolute atomic E-state index is 11.5. The number of ether oxygens (including phenoxy) is 1. The Morgan fingerprint density at radius 2 is 2.44 bits per heavy atom. The Hall–Kier alpha value is -1.56. The Morgan fingerprint density at radius 3 is 3.06 bits per heavy atom. The molecule has 0 radical (unpaired) electrons. The molecule has 1 aromatic rings. The van der Waals surface area contributed by atoms with Gasteiger partial charge in [-0.2, -0.15) is 0 Å². The quantitative estimate of drug-likeness (QED) is 0.811. The zero-order chi connectivity index (χ0) is 11.5. The lowest BCUT2D eigenvalue weighted by Crippen LogP contribution is -2.14. The van der Waals surface area contributed by atoms with E-state index in [4.69, 9.17) is 4.74 Å². The number of hydrazone groups is 1. The molecule has 2 rings (SSSR count). The van der Waals surface area contributed by atoms with Gasteiger partial charge >= 0.3 is 0 Å². The van der Waals surface area contributed by atoms with Gasteiger partial charge < -0.3 is 9.72 Å². The summed E-state index contributed by atoms with van der Waals surface area (Å²) in [5.74, 6) is 0.0763. The van der Waals surface area contributed by atoms with Gasteiger partial charge in [-0.15, -0.1) is 5.10 Å². The van der Waals surface area contributed by atoms with Gasteiger partial charge in [0, 0.05) is 16.4 Å². The molecule has 0 saturated heterocycles. The van der Waals surface area contributed by atoms with E-state index in [0.29, 0.717) is 18.1 Å². The Bertz CT molecular complexity index is 476. The maximum atomic E-state index is 11.5. The first-order chi connectivity index (χ1) is 7.70. The molecule has 0 aromatic carbocycles. The summed E-state index contributed by atoms with van der Waals surface area (Å²) in [4.78, 5) is 14.5. The molecule has 0 spiro atoms. The number of carbonyl (C=O) groups excluding carboxylic acids is 1. The molecule has 16 heavy (non-hydrogen) atoms. The van der Waals surface area contributed by atoms with Crippen molar-refractivity contribution in [2.24, 2.45) is 5.10 Å². The molecule has 6 heteroatoms. The number of nitrogens with one attached hydrogen (secondary N) is 2. The van der Waals surface area contributed by atoms with Crippen LogP contribution in [-0.2, 0) is 9.53 Å². The molecule has 84 valence electrons. The van der Waals surface area contributed by atoms with E-state index in [9.17, 15) is 4.79 Å². The molecule has 2 N–H and O–H groups in total. The zero-order valence-corrected chi connectivity index (χ0v) is 10.2. The van der Waals surface area contributed by atoms with Gasteiger partial charge in [-0.05, 0) is 35.0 Å². The molecule has 1 amide bonds. The first kappa shape index (κ1) is 10.9. The van der Waals surface area contributed by atoms with E-state index in [-0.39, 0.29) is 5.91 Å². The van der Waals surface area contributed by atoms with E-state index in [1.165, 1.54) is 0 Å². The number of H-pyrrole nitrogens is 1. The van der Waals surface area contributed by atoms with E-state index in [2.05, 4.69) is 31.4 Å². The van der Waals surface area contributed by atoms with E-state index in [1.807, 2.05) is 13.0 Å². The number of hydrogen-bond acceptors (Lipinski definition) is 3. The summed E-state index contributed by atoms with van der Waals surface area (Å²) in [7, 11) is 0. The molecular weight excluding hydrogens is 274 g/mol. The largest absolute Gasteiger partial charge is 0.476 e. The van der Waals surface area contributed by atoms with E-state index >= 15 is 0 Å². The second-order valence-electron chi connectivity index (χ2n) is 3.12. The van der Waals surface area contributed by atoms with Gasteiger partial charge in [-0.25, -0.2) is 5.43 Å². The highest BCUT2D eigenvalue weighted by atomic mass is 79.9. The second kappa shape index (κ2) is 4.52. The molecular formula is C10H10BrN3O2. The number of rotatable bonds is 2. The second-order valence-corrected chi connectivity index (χ2v) is 4.04. The highest BCUT2D eigenvalue weighted by Crippen LogP contribution is 2.16. The summed E-state index contributed by atoms with van der Waals surface area (Å²) in [6.07, 6.45) is 3.48. The Kier molecular flexibility index (Phi) is 3.09. The topological polar surface area (TPSA) is 66.5 Å². The highest BCUT2D eigenvalue weighted by Gasteiger charge is 2.23. The summed E-state index contributed by atoms with van der Waals surface area (Å²) >= 11 is 3.32. The van der Waals surface area contributed by atoms with Crippen molar-refractivity contribution in [1.82, 2.24) is 10.4 Å². The van der Waals surface area contributed by atoms with Crippen LogP contribution in [-0.4, -0.2) is 23.4 Å². The number of aromatic amines is 1. The SMILES string of the molecule is CCOC1=NNC(=O)/C1=C/c1cc(Br)c[nH]1. The summed E-state index contributed by atoms with van der Waals surface area (Å²) in [6.45, 7) is 2.31. The molecule has 0 fully saturated rings. The molecule has 1 aliphatic rings. The Balaban J connectivity index is 2.27. The molecule has 0 unspecified atom stereocenters. The predicted molar refractivity (Wildman–Crippen MR) is 63.7 cm³/mol. The van der Waals surface area contributed by atoms with Crippen LogP contribution in [0, 0.1) is 0 Å². The van der Waals surface area contributed by atoms with Gasteiger partial charge in [0.25, 0.3) is 5.91 Å². The molecule has 1 aromatic heterocycles. The number of nitrogens with zero attached hydrogens (tertiary/aromatic N) is 1. The van der Waals surface area contributed by atoms with Crippen LogP contribution < -0.4 is 5.43 Å². The number of aromatic nitrogens is 1. The first-order valence-corrected chi connectivity index (χ1v) is 5.57. The molecule has 0 aliphatic carbocycles. The lowest BCUT2D eigenvalue weighted by Gasteiger charge is -2.00. The van der Waals surface area contributed by atoms with E-state index in [0.717, 1.165) is 10.2 Å². The average Bonchev–Trinajstić information content (AvgIpc) is 2.79. The smallest absolute Gasteiger partial charge is 0.277 e. The normalized spacial score (nSPS) is 17.5. The van der Waals surface area contributed by atoms with Crippen molar-refractivity contribution < 1.29 is 9.53 Å². The third-order valence-electron chi connectivity index (χ3n) is 1.99. The van der Waals surface area contributed by atoms with Crippen molar-refractivity contribution in [3.8, 4) is 0 Å². The summed E-state index contributed by atoms with van der Waals surface area (Å²) in [6, 6.07) is 1.86. The average molecular weight is 284 g/mol. The van der Waals surface area contributed by atoms with Crippen LogP contribution in [0.1, 0.15) is 12.6 Å². The van der Waals surface area contributed by atoms with Gasteiger partial charge in [-0.3, -0.25) is 4.79 Å². The first-order valence-electron chi connectivity index (χ1n) is 4.77. The van der Waals surface area contributed by atoms with Crippen LogP contribution in [0.4, 0.5) is 0 Å². The van der Waals surface area contributed by atoms with E-state index < -0.39 is 0 Å². The maximum Gasteiger partial charge on any atom is 0.277 e. The fourth-order valence-electron chi connectivity index (χ4n) is 1.32. The minimum absolute atomic E-state index is 0.255. The van der Waals surface area contributed by atoms with Crippen molar-refractivity contribution in [1.29, 1.82) is 0 Å². The predicted octanol–water partition coefficient (Wildman–Crippen LogP) is 1.64. The number of amides is 1. The minimum atomic E-state index is -0.255. The zero-order valence-electron chi connectivity index (χ0n) is 8.58. The van der Waals surface area contributed by atoms with Crippen molar-refractivity contribution in [3.05, 3.63) is 28.0 Å². The van der Waals surface area contributed by atoms with Gasteiger partial charge in [0.05, 0.1) is 6.61 Å². The van der Waals surface area contributed by atoms with Crippen molar-refractivity contribution in [3.63, 3.8) is 0 Å². The Labute approximate surface area is 101 Å². The molecule has 2 heterocycles. The molecule has 0 bridgehead atoms. The molecule has 0 atom stereocenters. The minimum Gasteiger partial charge on any atom is -0.476 e. The van der Waals surface area contributed by atoms with Crippen LogP contribution >= 0.6 is 15.9 Å². The molecule has 1 aliphatic heterocycles. The Morgan fingerprint density at radius 1 is 1.62 bits per heavy atom. The van der Waals surface area contributed by atoms with Crippen LogP contribution in [0.25, 0.3) is 6.08 Å². The standard InChI is InChI=1S/C10H10BrN3O2/c1-2-16-10-8(9(15)13-14-10)4-7-3-6(11)5-12-7/h3-5,12H,2H2,1H3,(H,13,15)/b8-4-. The summed E-state index contributed by atoms with van der Waals surface area (Å²) in [5, 5.41) is 3.79. The lowest BCUT2D eigenvalue weighted by atomic mass is 10.2. The van der Waals surface area contributed by atoms with Gasteiger partial charge in [0.2, 0.25) is 5.90 Å². The monoisotopic (exact) mass is 283 g/mol. The van der Waals surface area contributed by atoms with Crippen molar-refractivity contribution in [2.45, 2.75) is 6.92 Å². The van der Waals surface area contributed by atoms with E-state index in [1.54, 1.807) is 12.3 Å². The van der Waals surface area contributed by atoms with Crippen LogP contribution in [0.5, 0.6) is 0 Å². The third kappa shape index (κ3) is 2.16. The number of carbonyl (C=O) groups is 1. The highest BCUT2D eigenvalue weighted by molar-refractivity contribution is 9.10. The summed E-state index contributed by atoms with van der Waals surface area (Å²) < 4.78 is 6.16. The lowest BCUT2D eigenvalue weighted by molar-refractivity contribution is -0.116. The van der Waals surface area contributed by atoms with Crippen LogP contribution in [0.15, 0.2) is 27.4 Å². The fourth-order valence-corrected chi connectivity index (χ4v) is 1.68. The third-order valence-corrected chi connectivity index (χ3v) is 2.44. The number of halogens is 1. The van der Waals surface area contributed by atoms with Gasteiger partial charge in [0.15, 0.2) is 0 Å². The number of hydrogen-bond donors (Lipinski definition) is 2.